The van der Waals surface area contributed by atoms with Crippen LogP contribution < -0.4 is 0 Å². The van der Waals surface area contributed by atoms with Crippen LogP contribution in [0.2, 0.25) is 0 Å². The number of nitrogens with zero attached hydrogens (tertiary/aromatic N) is 5. The Kier molecular flexibility index (Phi) is 7.96. The molecule has 2 aliphatic rings. The van der Waals surface area contributed by atoms with Gasteiger partial charge in [0.05, 0.1) is 10.6 Å². The first-order chi connectivity index (χ1) is 18.9. The van der Waals surface area contributed by atoms with Crippen LogP contribution in [0.3, 0.4) is 0 Å². The molecule has 1 amide bonds. The molecule has 9 heteroatoms. The van der Waals surface area contributed by atoms with Crippen LogP contribution in [0.4, 0.5) is 0 Å². The monoisotopic (exact) mass is 543 g/mol. The summed E-state index contributed by atoms with van der Waals surface area (Å²) in [6.45, 7) is 4.38. The van der Waals surface area contributed by atoms with E-state index < -0.39 is 10.0 Å². The normalized spacial score (nSPS) is 19.0. The minimum Gasteiger partial charge on any atom is -0.338 e. The number of hydrogen-bond donors (Lipinski definition) is 0. The van der Waals surface area contributed by atoms with Crippen LogP contribution in [0.1, 0.15) is 44.6 Å². The van der Waals surface area contributed by atoms with Crippen LogP contribution >= 0.6 is 0 Å². The lowest BCUT2D eigenvalue weighted by atomic mass is 10.0. The molecule has 2 aliphatic heterocycles. The summed E-state index contributed by atoms with van der Waals surface area (Å²) in [5, 5.41) is 14.7. The third-order valence-corrected chi connectivity index (χ3v) is 9.28. The lowest BCUT2D eigenvalue weighted by molar-refractivity contribution is -0.127. The molecule has 1 unspecified atom stereocenters. The molecule has 0 spiro atoms. The van der Waals surface area contributed by atoms with Crippen molar-refractivity contribution in [2.24, 2.45) is 5.92 Å². The average molecular weight is 544 g/mol. The van der Waals surface area contributed by atoms with Gasteiger partial charge in [0.15, 0.2) is 0 Å². The van der Waals surface area contributed by atoms with E-state index >= 15 is 0 Å². The van der Waals surface area contributed by atoms with Gasteiger partial charge < -0.3 is 4.90 Å². The van der Waals surface area contributed by atoms with E-state index in [0.717, 1.165) is 37.8 Å². The molecule has 39 heavy (non-hydrogen) atoms. The zero-order valence-electron chi connectivity index (χ0n) is 22.2. The smallest absolute Gasteiger partial charge is 0.264 e. The SMILES string of the molecule is CC1CCCN(S(=O)(=O)c2cccc(-c3nn(-c4ccccc4)cc3C=C(C#N)C(=O)N3CCCCC3)c2)C1. The summed E-state index contributed by atoms with van der Waals surface area (Å²) >= 11 is 0. The number of piperidine rings is 2. The molecule has 0 radical (unpaired) electrons. The number of aromatic nitrogens is 2. The molecular weight excluding hydrogens is 510 g/mol. The summed E-state index contributed by atoms with van der Waals surface area (Å²) in [7, 11) is -3.67. The van der Waals surface area contributed by atoms with E-state index in [9.17, 15) is 18.5 Å². The van der Waals surface area contributed by atoms with Gasteiger partial charge in [-0.15, -0.1) is 0 Å². The van der Waals surface area contributed by atoms with E-state index in [4.69, 9.17) is 5.10 Å². The number of rotatable bonds is 6. The number of likely N-dealkylation sites (tertiary alicyclic amines) is 1. The summed E-state index contributed by atoms with van der Waals surface area (Å²) in [6.07, 6.45) is 8.16. The van der Waals surface area contributed by atoms with Crippen LogP contribution in [0.15, 0.2) is 71.3 Å². The van der Waals surface area contributed by atoms with Gasteiger partial charge in [-0.1, -0.05) is 37.3 Å². The first-order valence-electron chi connectivity index (χ1n) is 13.5. The fourth-order valence-electron chi connectivity index (χ4n) is 5.31. The van der Waals surface area contributed by atoms with E-state index in [0.29, 0.717) is 48.9 Å². The van der Waals surface area contributed by atoms with E-state index in [2.05, 4.69) is 13.0 Å². The summed E-state index contributed by atoms with van der Waals surface area (Å²) in [5.74, 6) is 0.0306. The summed E-state index contributed by atoms with van der Waals surface area (Å²) in [5.41, 5.74) is 2.52. The highest BCUT2D eigenvalue weighted by atomic mass is 32.2. The van der Waals surface area contributed by atoms with Crippen LogP contribution in [0, 0.1) is 17.2 Å². The molecule has 0 bridgehead atoms. The van der Waals surface area contributed by atoms with Gasteiger partial charge in [0, 0.05) is 43.5 Å². The molecule has 202 valence electrons. The first kappa shape index (κ1) is 26.9. The largest absolute Gasteiger partial charge is 0.338 e. The van der Waals surface area contributed by atoms with Gasteiger partial charge in [-0.2, -0.15) is 14.7 Å². The van der Waals surface area contributed by atoms with Crippen molar-refractivity contribution in [1.82, 2.24) is 19.0 Å². The van der Waals surface area contributed by atoms with Crippen LogP contribution in [0.5, 0.6) is 0 Å². The highest BCUT2D eigenvalue weighted by molar-refractivity contribution is 7.89. The highest BCUT2D eigenvalue weighted by Crippen LogP contribution is 2.30. The van der Waals surface area contributed by atoms with Crippen LogP contribution in [0.25, 0.3) is 23.0 Å². The first-order valence-corrected chi connectivity index (χ1v) is 15.0. The summed E-state index contributed by atoms with van der Waals surface area (Å²) < 4.78 is 30.3. The van der Waals surface area contributed by atoms with Gasteiger partial charge >= 0.3 is 0 Å². The van der Waals surface area contributed by atoms with E-state index in [-0.39, 0.29) is 16.4 Å². The molecule has 0 N–H and O–H groups in total. The number of carbonyl (C=O) groups is 1. The summed E-state index contributed by atoms with van der Waals surface area (Å²) in [6, 6.07) is 18.4. The van der Waals surface area contributed by atoms with Crippen molar-refractivity contribution < 1.29 is 13.2 Å². The zero-order valence-corrected chi connectivity index (χ0v) is 23.0. The number of para-hydroxylation sites is 1. The molecule has 3 heterocycles. The third kappa shape index (κ3) is 5.82. The number of amides is 1. The van der Waals surface area contributed by atoms with Crippen molar-refractivity contribution in [2.75, 3.05) is 26.2 Å². The Bertz CT molecular complexity index is 1520. The number of hydrogen-bond acceptors (Lipinski definition) is 5. The Morgan fingerprint density at radius 2 is 1.79 bits per heavy atom. The van der Waals surface area contributed by atoms with Gasteiger partial charge in [0.1, 0.15) is 17.3 Å². The molecule has 2 saturated heterocycles. The van der Waals surface area contributed by atoms with E-state index in [1.165, 1.54) is 0 Å². The molecule has 8 nitrogen and oxygen atoms in total. The Hall–Kier alpha value is -3.74. The molecule has 0 saturated carbocycles. The van der Waals surface area contributed by atoms with Crippen LogP contribution in [-0.4, -0.2) is 59.5 Å². The second kappa shape index (κ2) is 11.6. The Morgan fingerprint density at radius 1 is 1.03 bits per heavy atom. The van der Waals surface area contributed by atoms with E-state index in [1.807, 2.05) is 36.4 Å². The van der Waals surface area contributed by atoms with Gasteiger partial charge in [-0.3, -0.25) is 4.79 Å². The fraction of sp³-hybridized carbons (Fsp3) is 0.367. The molecule has 2 fully saturated rings. The molecule has 5 rings (SSSR count). The molecule has 1 atom stereocenters. The minimum absolute atomic E-state index is 0.0387. The van der Waals surface area contributed by atoms with Gasteiger partial charge in [0.25, 0.3) is 5.91 Å². The predicted molar refractivity (Wildman–Crippen MR) is 150 cm³/mol. The Labute approximate surface area is 230 Å². The van der Waals surface area contributed by atoms with Crippen molar-refractivity contribution in [3.8, 4) is 23.0 Å². The average Bonchev–Trinajstić information content (AvgIpc) is 3.40. The van der Waals surface area contributed by atoms with E-state index in [1.54, 1.807) is 44.4 Å². The Morgan fingerprint density at radius 3 is 2.51 bits per heavy atom. The van der Waals surface area contributed by atoms with Crippen molar-refractivity contribution in [3.05, 3.63) is 71.9 Å². The van der Waals surface area contributed by atoms with Crippen LogP contribution in [-0.2, 0) is 14.8 Å². The Balaban J connectivity index is 1.57. The molecule has 1 aromatic heterocycles. The van der Waals surface area contributed by atoms with Gasteiger partial charge in [0.2, 0.25) is 10.0 Å². The number of carbonyl (C=O) groups excluding carboxylic acids is 1. The minimum atomic E-state index is -3.67. The molecule has 2 aromatic carbocycles. The van der Waals surface area contributed by atoms with Gasteiger partial charge in [-0.05, 0) is 68.4 Å². The molecular formula is C30H33N5O3S. The number of sulfonamides is 1. The maximum Gasteiger partial charge on any atom is 0.264 e. The lowest BCUT2D eigenvalue weighted by Gasteiger charge is -2.30. The van der Waals surface area contributed by atoms with Crippen molar-refractivity contribution in [3.63, 3.8) is 0 Å². The lowest BCUT2D eigenvalue weighted by Crippen LogP contribution is -2.39. The van der Waals surface area contributed by atoms with Crippen molar-refractivity contribution >= 4 is 22.0 Å². The van der Waals surface area contributed by atoms with Gasteiger partial charge in [-0.25, -0.2) is 13.1 Å². The van der Waals surface area contributed by atoms with Crippen molar-refractivity contribution in [2.45, 2.75) is 43.9 Å². The second-order valence-electron chi connectivity index (χ2n) is 10.4. The standard InChI is InChI=1S/C30H33N5O3S/c1-23-10-9-17-34(21-23)39(37,38)28-14-8-11-24(19-28)29-26(22-35(32-29)27-12-4-2-5-13-27)18-25(20-31)30(36)33-15-6-3-7-16-33/h2,4-5,8,11-14,18-19,22-23H,3,6-7,9-10,15-17,21H2,1H3. The maximum atomic E-state index is 13.5. The third-order valence-electron chi connectivity index (χ3n) is 7.42. The number of benzene rings is 2. The molecule has 0 aliphatic carbocycles. The fourth-order valence-corrected chi connectivity index (χ4v) is 6.96. The quantitative estimate of drug-likeness (QED) is 0.326. The number of nitriles is 1. The highest BCUT2D eigenvalue weighted by Gasteiger charge is 2.29. The molecule has 3 aromatic rings. The second-order valence-corrected chi connectivity index (χ2v) is 12.3. The summed E-state index contributed by atoms with van der Waals surface area (Å²) in [4.78, 5) is 15.1. The predicted octanol–water partition coefficient (Wildman–Crippen LogP) is 4.88. The van der Waals surface area contributed by atoms with Crippen molar-refractivity contribution in [1.29, 1.82) is 5.26 Å². The topological polar surface area (TPSA) is 99.3 Å². The maximum absolute atomic E-state index is 13.5. The zero-order chi connectivity index (χ0) is 27.4.